The van der Waals surface area contributed by atoms with Crippen molar-refractivity contribution in [2.24, 2.45) is 20.5 Å². The number of nitrogens with two attached hydrogens (primary N) is 2. The fourth-order valence-corrected chi connectivity index (χ4v) is 4.83. The summed E-state index contributed by atoms with van der Waals surface area (Å²) in [7, 11) is 0. The van der Waals surface area contributed by atoms with E-state index in [0.717, 1.165) is 0 Å². The van der Waals surface area contributed by atoms with Gasteiger partial charge in [0.05, 0.1) is 33.6 Å². The lowest BCUT2D eigenvalue weighted by Gasteiger charge is -2.15. The number of nitrogens with zero attached hydrogens (tertiary/aromatic N) is 14. The van der Waals surface area contributed by atoms with Crippen LogP contribution in [0.3, 0.4) is 0 Å². The zero-order valence-electron chi connectivity index (χ0n) is 28.0. The highest BCUT2D eigenvalue weighted by Crippen LogP contribution is 2.40. The number of benzene rings is 2. The first-order valence-electron chi connectivity index (χ1n) is 15.0. The number of nitriles is 4. The van der Waals surface area contributed by atoms with Crippen LogP contribution in [0.4, 0.5) is 34.4 Å². The lowest BCUT2D eigenvalue weighted by atomic mass is 9.91. The van der Waals surface area contributed by atoms with Crippen molar-refractivity contribution in [2.45, 2.75) is 52.4 Å². The van der Waals surface area contributed by atoms with Gasteiger partial charge in [0.1, 0.15) is 42.0 Å². The van der Waals surface area contributed by atoms with Crippen LogP contribution in [0.5, 0.6) is 0 Å². The molecule has 0 amide bonds. The first-order valence-corrected chi connectivity index (χ1v) is 15.0. The van der Waals surface area contributed by atoms with Crippen LogP contribution in [0.15, 0.2) is 69.2 Å². The number of azo groups is 2. The van der Waals surface area contributed by atoms with Crippen molar-refractivity contribution in [3.8, 4) is 35.9 Å². The molecule has 0 atom stereocenters. The molecule has 3 aromatic heterocycles. The van der Waals surface area contributed by atoms with E-state index in [9.17, 15) is 21.0 Å². The fourth-order valence-electron chi connectivity index (χ4n) is 4.83. The number of rotatable bonds is 6. The molecule has 0 unspecified atom stereocenters. The molecule has 0 fully saturated rings. The predicted octanol–water partition coefficient (Wildman–Crippen LogP) is 6.92. The number of nitrogen functional groups attached to an aromatic ring is 2. The molecule has 0 saturated carbocycles. The van der Waals surface area contributed by atoms with Gasteiger partial charge in [-0.3, -0.25) is 0 Å². The lowest BCUT2D eigenvalue weighted by molar-refractivity contribution is 0.559. The molecule has 0 aliphatic carbocycles. The van der Waals surface area contributed by atoms with Gasteiger partial charge in [-0.15, -0.1) is 20.5 Å². The number of hydrogen-bond acceptors (Lipinski definition) is 14. The Hall–Kier alpha value is -7.30. The van der Waals surface area contributed by atoms with Crippen LogP contribution in [0.2, 0.25) is 0 Å². The lowest BCUT2D eigenvalue weighted by Crippen LogP contribution is -2.14. The molecule has 0 aliphatic rings. The van der Waals surface area contributed by atoms with Gasteiger partial charge < -0.3 is 11.5 Å². The first kappa shape index (κ1) is 34.0. The third-order valence-corrected chi connectivity index (χ3v) is 7.34. The maximum absolute atomic E-state index is 9.59. The average molecular weight is 663 g/mol. The normalized spacial score (nSPS) is 11.7. The molecule has 50 heavy (non-hydrogen) atoms. The number of hydrogen-bond donors (Lipinski definition) is 2. The highest BCUT2D eigenvalue weighted by molar-refractivity contribution is 5.69. The van der Waals surface area contributed by atoms with Gasteiger partial charge in [-0.2, -0.15) is 40.6 Å². The summed E-state index contributed by atoms with van der Waals surface area (Å²) >= 11 is 0. The van der Waals surface area contributed by atoms with Crippen molar-refractivity contribution in [3.05, 3.63) is 82.4 Å². The van der Waals surface area contributed by atoms with E-state index in [1.54, 1.807) is 42.5 Å². The summed E-state index contributed by atoms with van der Waals surface area (Å²) < 4.78 is 2.77. The van der Waals surface area contributed by atoms with Gasteiger partial charge in [0.15, 0.2) is 34.6 Å². The fraction of sp³-hybridized carbons (Fsp3) is 0.235. The topological polar surface area (TPSA) is 258 Å². The Labute approximate surface area is 287 Å². The Morgan fingerprint density at radius 3 is 1.18 bits per heavy atom. The molecule has 2 aromatic carbocycles. The molecule has 0 aliphatic heterocycles. The van der Waals surface area contributed by atoms with Crippen molar-refractivity contribution in [1.82, 2.24) is 29.5 Å². The van der Waals surface area contributed by atoms with Crippen LogP contribution in [0.25, 0.3) is 11.6 Å². The number of aromatic nitrogens is 6. The van der Waals surface area contributed by atoms with Crippen LogP contribution < -0.4 is 11.5 Å². The summed E-state index contributed by atoms with van der Waals surface area (Å²) in [5, 5.41) is 65.1. The zero-order valence-corrected chi connectivity index (χ0v) is 28.0. The second-order valence-corrected chi connectivity index (χ2v) is 13.0. The molecule has 16 heteroatoms. The largest absolute Gasteiger partial charge is 0.382 e. The van der Waals surface area contributed by atoms with Crippen LogP contribution in [0.1, 0.15) is 75.2 Å². The van der Waals surface area contributed by atoms with Crippen molar-refractivity contribution in [2.75, 3.05) is 11.5 Å². The van der Waals surface area contributed by atoms with Crippen molar-refractivity contribution >= 4 is 34.4 Å². The smallest absolute Gasteiger partial charge is 0.161 e. The predicted molar refractivity (Wildman–Crippen MR) is 183 cm³/mol. The standard InChI is InChI=1S/C34H30N16/c1-33(2,3)29-27(45-43-25-19(14-35)9-7-10-20(25)15-36)31(39)49(47-29)23-13-24(42-18-41-23)50-32(40)28(30(48-50)34(4,5)6)46-44-26-21(16-37)11-8-12-22(26)17-38/h7-13,18H,39-40H2,1-6H3/b45-43+,46-44+. The maximum Gasteiger partial charge on any atom is 0.161 e. The summed E-state index contributed by atoms with van der Waals surface area (Å²) in [6.07, 6.45) is 1.30. The van der Waals surface area contributed by atoms with E-state index >= 15 is 0 Å². The minimum Gasteiger partial charge on any atom is -0.382 e. The summed E-state index contributed by atoms with van der Waals surface area (Å²) in [5.41, 5.74) is 14.5. The second kappa shape index (κ2) is 13.1. The summed E-state index contributed by atoms with van der Waals surface area (Å²) in [5.74, 6) is 0.705. The van der Waals surface area contributed by atoms with Gasteiger partial charge in [0.2, 0.25) is 0 Å². The Bertz CT molecular complexity index is 2140. The van der Waals surface area contributed by atoms with Crippen LogP contribution in [-0.2, 0) is 10.8 Å². The minimum atomic E-state index is -0.556. The molecule has 0 saturated heterocycles. The van der Waals surface area contributed by atoms with Crippen LogP contribution >= 0.6 is 0 Å². The average Bonchev–Trinajstić information content (AvgIpc) is 3.62. The third-order valence-electron chi connectivity index (χ3n) is 7.34. The minimum absolute atomic E-state index is 0.0963. The first-order chi connectivity index (χ1) is 23.7. The van der Waals surface area contributed by atoms with Crippen molar-refractivity contribution in [1.29, 1.82) is 21.0 Å². The molecular weight excluding hydrogens is 632 g/mol. The third kappa shape index (κ3) is 6.33. The van der Waals surface area contributed by atoms with Crippen LogP contribution in [0, 0.1) is 45.3 Å². The van der Waals surface area contributed by atoms with Gasteiger partial charge in [-0.25, -0.2) is 9.97 Å². The molecule has 5 rings (SSSR count). The summed E-state index contributed by atoms with van der Waals surface area (Å²) in [6.45, 7) is 11.6. The molecule has 0 radical (unpaired) electrons. The number of anilines is 2. The summed E-state index contributed by atoms with van der Waals surface area (Å²) in [6, 6.07) is 19.1. The van der Waals surface area contributed by atoms with E-state index in [1.165, 1.54) is 15.7 Å². The highest BCUT2D eigenvalue weighted by Gasteiger charge is 2.29. The second-order valence-electron chi connectivity index (χ2n) is 13.0. The van der Waals surface area contributed by atoms with Crippen molar-refractivity contribution < 1.29 is 0 Å². The van der Waals surface area contributed by atoms with E-state index < -0.39 is 10.8 Å². The molecule has 5 aromatic rings. The zero-order chi connectivity index (χ0) is 36.4. The maximum atomic E-state index is 9.59. The van der Waals surface area contributed by atoms with Gasteiger partial charge in [-0.05, 0) is 24.3 Å². The molecule has 4 N–H and O–H groups in total. The van der Waals surface area contributed by atoms with E-state index in [-0.39, 0.29) is 68.3 Å². The Kier molecular flexibility index (Phi) is 8.90. The highest BCUT2D eigenvalue weighted by atomic mass is 15.4. The molecule has 3 heterocycles. The van der Waals surface area contributed by atoms with Crippen molar-refractivity contribution in [3.63, 3.8) is 0 Å². The molecule has 16 nitrogen and oxygen atoms in total. The van der Waals surface area contributed by atoms with Gasteiger partial charge in [0.25, 0.3) is 0 Å². The Morgan fingerprint density at radius 2 is 0.880 bits per heavy atom. The quantitative estimate of drug-likeness (QED) is 0.177. The molecule has 0 bridgehead atoms. The Balaban J connectivity index is 1.63. The Morgan fingerprint density at radius 1 is 0.560 bits per heavy atom. The molecular formula is C34H30N16. The SMILES string of the molecule is CC(C)(C)c1nn(-c2cc(-n3nc(C(C)(C)C)c(/N=N/c4c(C#N)cccc4C#N)c3N)ncn2)c(N)c1/N=N/c1c(C#N)cccc1C#N. The van der Waals surface area contributed by atoms with E-state index in [0.29, 0.717) is 11.4 Å². The summed E-state index contributed by atoms with van der Waals surface area (Å²) in [4.78, 5) is 8.79. The van der Waals surface area contributed by atoms with E-state index in [4.69, 9.17) is 21.7 Å². The van der Waals surface area contributed by atoms with Gasteiger partial charge >= 0.3 is 0 Å². The van der Waals surface area contributed by atoms with Gasteiger partial charge in [0, 0.05) is 16.9 Å². The van der Waals surface area contributed by atoms with Gasteiger partial charge in [-0.1, -0.05) is 53.7 Å². The monoisotopic (exact) mass is 662 g/mol. The van der Waals surface area contributed by atoms with E-state index in [2.05, 4.69) is 30.4 Å². The van der Waals surface area contributed by atoms with Crippen LogP contribution in [-0.4, -0.2) is 29.5 Å². The molecule has 246 valence electrons. The van der Waals surface area contributed by atoms with E-state index in [1.807, 2.05) is 65.8 Å². The molecule has 0 spiro atoms.